The summed E-state index contributed by atoms with van der Waals surface area (Å²) in [7, 11) is 1.16. The van der Waals surface area contributed by atoms with Crippen LogP contribution in [-0.4, -0.2) is 53.5 Å². The standard InChI is InChI=1S/C23H22N2O13/c1-13(26)35-17-10-20(22(27)33-2)38-21(11-17)37-19-8-3-14(9-18(19)25(31)32)12-34-23(28)36-16-6-4-15(5-7-16)24(29)30/h3-9,17,20-21H,10-12H2,1-2H3. The SMILES string of the molecule is COC(=O)C1CC(OC(C)=O)CC(Oc2ccc(COC(=O)Oc3ccc([N+](=O)[O-])cc3)cc2[N+](=O)[O-])O1. The third-order valence-corrected chi connectivity index (χ3v) is 5.13. The van der Waals surface area contributed by atoms with Gasteiger partial charge in [-0.05, 0) is 23.8 Å². The second kappa shape index (κ2) is 12.4. The molecule has 1 aliphatic heterocycles. The van der Waals surface area contributed by atoms with Crippen molar-refractivity contribution in [2.75, 3.05) is 7.11 Å². The number of nitro groups is 2. The lowest BCUT2D eigenvalue weighted by atomic mass is 10.0. The normalized spacial score (nSPS) is 18.5. The zero-order valence-electron chi connectivity index (χ0n) is 20.1. The molecule has 1 saturated heterocycles. The van der Waals surface area contributed by atoms with Gasteiger partial charge < -0.3 is 28.4 Å². The Morgan fingerprint density at radius 3 is 2.34 bits per heavy atom. The molecule has 0 aromatic heterocycles. The van der Waals surface area contributed by atoms with Crippen LogP contribution >= 0.6 is 0 Å². The fourth-order valence-corrected chi connectivity index (χ4v) is 3.47. The molecule has 3 unspecified atom stereocenters. The molecule has 0 bridgehead atoms. The number of ether oxygens (including phenoxy) is 6. The number of carbonyl (C=O) groups is 3. The topological polar surface area (TPSA) is 193 Å². The Morgan fingerprint density at radius 2 is 1.74 bits per heavy atom. The molecule has 1 heterocycles. The van der Waals surface area contributed by atoms with Gasteiger partial charge in [0.05, 0.1) is 17.0 Å². The summed E-state index contributed by atoms with van der Waals surface area (Å²) in [6.07, 6.45) is -4.14. The monoisotopic (exact) mass is 534 g/mol. The Morgan fingerprint density at radius 1 is 1.03 bits per heavy atom. The van der Waals surface area contributed by atoms with Crippen LogP contribution in [0.5, 0.6) is 11.5 Å². The largest absolute Gasteiger partial charge is 0.514 e. The number of carbonyl (C=O) groups excluding carboxylic acids is 3. The van der Waals surface area contributed by atoms with Crippen LogP contribution in [0.2, 0.25) is 0 Å². The molecule has 2 aromatic rings. The molecule has 1 fully saturated rings. The number of hydrogen-bond donors (Lipinski definition) is 0. The van der Waals surface area contributed by atoms with Gasteiger partial charge >= 0.3 is 23.8 Å². The zero-order valence-corrected chi connectivity index (χ0v) is 20.1. The molecule has 3 rings (SSSR count). The molecule has 3 atom stereocenters. The smallest absolute Gasteiger partial charge is 0.467 e. The molecule has 15 nitrogen and oxygen atoms in total. The van der Waals surface area contributed by atoms with Crippen molar-refractivity contribution < 1.29 is 52.7 Å². The van der Waals surface area contributed by atoms with E-state index in [1.165, 1.54) is 31.2 Å². The summed E-state index contributed by atoms with van der Waals surface area (Å²) in [5, 5.41) is 22.3. The van der Waals surface area contributed by atoms with E-state index in [1.807, 2.05) is 0 Å². The van der Waals surface area contributed by atoms with Gasteiger partial charge in [0.15, 0.2) is 11.9 Å². The second-order valence-corrected chi connectivity index (χ2v) is 7.85. The highest BCUT2D eigenvalue weighted by Crippen LogP contribution is 2.32. The summed E-state index contributed by atoms with van der Waals surface area (Å²) < 4.78 is 30.9. The number of esters is 2. The van der Waals surface area contributed by atoms with Crippen LogP contribution in [-0.2, 0) is 35.1 Å². The number of nitrogens with zero attached hydrogens (tertiary/aromatic N) is 2. The molecule has 0 spiro atoms. The van der Waals surface area contributed by atoms with Gasteiger partial charge in [0, 0.05) is 38.0 Å². The predicted molar refractivity (Wildman–Crippen MR) is 123 cm³/mol. The van der Waals surface area contributed by atoms with Crippen molar-refractivity contribution in [2.45, 2.75) is 44.9 Å². The van der Waals surface area contributed by atoms with E-state index in [9.17, 15) is 34.6 Å². The minimum Gasteiger partial charge on any atom is -0.467 e. The summed E-state index contributed by atoms with van der Waals surface area (Å²) in [6, 6.07) is 8.46. The van der Waals surface area contributed by atoms with Gasteiger partial charge in [-0.2, -0.15) is 0 Å². The third kappa shape index (κ3) is 7.60. The van der Waals surface area contributed by atoms with Gasteiger partial charge in [0.25, 0.3) is 5.69 Å². The predicted octanol–water partition coefficient (Wildman–Crippen LogP) is 3.21. The molecule has 1 aliphatic rings. The molecule has 38 heavy (non-hydrogen) atoms. The molecule has 15 heteroatoms. The van der Waals surface area contributed by atoms with Crippen LogP contribution in [0.15, 0.2) is 42.5 Å². The molecule has 202 valence electrons. The lowest BCUT2D eigenvalue weighted by molar-refractivity contribution is -0.386. The number of nitro benzene ring substituents is 2. The van der Waals surface area contributed by atoms with E-state index in [-0.39, 0.29) is 35.6 Å². The Balaban J connectivity index is 1.66. The van der Waals surface area contributed by atoms with Gasteiger partial charge in [-0.1, -0.05) is 6.07 Å². The maximum atomic E-state index is 12.0. The van der Waals surface area contributed by atoms with Crippen molar-refractivity contribution >= 4 is 29.5 Å². The molecular formula is C23H22N2O13. The molecule has 0 amide bonds. The summed E-state index contributed by atoms with van der Waals surface area (Å²) in [6.45, 7) is 0.803. The number of methoxy groups -OCH3 is 1. The van der Waals surface area contributed by atoms with Crippen LogP contribution in [0.1, 0.15) is 25.3 Å². The Bertz CT molecular complexity index is 1210. The van der Waals surface area contributed by atoms with E-state index in [0.29, 0.717) is 0 Å². The van der Waals surface area contributed by atoms with E-state index < -0.39 is 58.7 Å². The highest BCUT2D eigenvalue weighted by molar-refractivity contribution is 5.75. The molecular weight excluding hydrogens is 512 g/mol. The van der Waals surface area contributed by atoms with E-state index in [1.54, 1.807) is 0 Å². The quantitative estimate of drug-likeness (QED) is 0.150. The van der Waals surface area contributed by atoms with Crippen LogP contribution in [0.25, 0.3) is 0 Å². The van der Waals surface area contributed by atoms with Crippen molar-refractivity contribution in [3.05, 3.63) is 68.3 Å². The lowest BCUT2D eigenvalue weighted by Gasteiger charge is -2.33. The van der Waals surface area contributed by atoms with Gasteiger partial charge in [-0.25, -0.2) is 9.59 Å². The Hall–Kier alpha value is -4.79. The Labute approximate surface area is 214 Å². The summed E-state index contributed by atoms with van der Waals surface area (Å²) >= 11 is 0. The summed E-state index contributed by atoms with van der Waals surface area (Å²) in [5.74, 6) is -1.51. The van der Waals surface area contributed by atoms with E-state index in [0.717, 1.165) is 25.3 Å². The van der Waals surface area contributed by atoms with Crippen LogP contribution in [0.3, 0.4) is 0 Å². The number of hydrogen-bond acceptors (Lipinski definition) is 13. The van der Waals surface area contributed by atoms with Gasteiger partial charge in [0.1, 0.15) is 18.5 Å². The highest BCUT2D eigenvalue weighted by Gasteiger charge is 2.38. The first-order valence-corrected chi connectivity index (χ1v) is 11.0. The van der Waals surface area contributed by atoms with Crippen molar-refractivity contribution in [3.63, 3.8) is 0 Å². The minimum absolute atomic E-state index is 0.000117. The molecule has 0 aliphatic carbocycles. The first kappa shape index (κ1) is 27.8. The van der Waals surface area contributed by atoms with E-state index in [4.69, 9.17) is 23.7 Å². The number of benzene rings is 2. The lowest BCUT2D eigenvalue weighted by Crippen LogP contribution is -2.44. The number of non-ortho nitro benzene ring substituents is 1. The van der Waals surface area contributed by atoms with Crippen LogP contribution in [0, 0.1) is 20.2 Å². The molecule has 0 N–H and O–H groups in total. The maximum absolute atomic E-state index is 12.0. The summed E-state index contributed by atoms with van der Waals surface area (Å²) in [5.41, 5.74) is -0.455. The summed E-state index contributed by atoms with van der Waals surface area (Å²) in [4.78, 5) is 56.3. The second-order valence-electron chi connectivity index (χ2n) is 7.85. The van der Waals surface area contributed by atoms with Crippen molar-refractivity contribution in [2.24, 2.45) is 0 Å². The van der Waals surface area contributed by atoms with Gasteiger partial charge in [0.2, 0.25) is 6.29 Å². The average molecular weight is 534 g/mol. The Kier molecular flexibility index (Phi) is 9.10. The van der Waals surface area contributed by atoms with Crippen LogP contribution in [0.4, 0.5) is 16.2 Å². The van der Waals surface area contributed by atoms with Crippen molar-refractivity contribution in [1.82, 2.24) is 0 Å². The first-order valence-electron chi connectivity index (χ1n) is 11.0. The van der Waals surface area contributed by atoms with Gasteiger partial charge in [-0.15, -0.1) is 0 Å². The van der Waals surface area contributed by atoms with Crippen molar-refractivity contribution in [3.8, 4) is 11.5 Å². The highest BCUT2D eigenvalue weighted by atomic mass is 16.7. The zero-order chi connectivity index (χ0) is 27.8. The average Bonchev–Trinajstić information content (AvgIpc) is 2.87. The minimum atomic E-state index is -1.17. The first-order chi connectivity index (χ1) is 18.0. The molecule has 0 radical (unpaired) electrons. The molecule has 2 aromatic carbocycles. The van der Waals surface area contributed by atoms with Crippen LogP contribution < -0.4 is 9.47 Å². The fraction of sp³-hybridized carbons (Fsp3) is 0.348. The van der Waals surface area contributed by atoms with E-state index >= 15 is 0 Å². The fourth-order valence-electron chi connectivity index (χ4n) is 3.47. The molecule has 0 saturated carbocycles. The van der Waals surface area contributed by atoms with Crippen molar-refractivity contribution in [1.29, 1.82) is 0 Å². The third-order valence-electron chi connectivity index (χ3n) is 5.13. The van der Waals surface area contributed by atoms with Gasteiger partial charge in [-0.3, -0.25) is 25.0 Å². The van der Waals surface area contributed by atoms with E-state index in [2.05, 4.69) is 4.74 Å². The number of rotatable bonds is 9. The maximum Gasteiger partial charge on any atom is 0.514 e.